The first kappa shape index (κ1) is 25.5. The highest BCUT2D eigenvalue weighted by Crippen LogP contribution is 2.34. The molecule has 0 saturated carbocycles. The summed E-state index contributed by atoms with van der Waals surface area (Å²) in [5.74, 6) is -4.81. The summed E-state index contributed by atoms with van der Waals surface area (Å²) >= 11 is 0. The van der Waals surface area contributed by atoms with Crippen LogP contribution in [0.1, 0.15) is 39.5 Å². The standard InChI is InChI=1S/C9H13F6NO2.C5H9NO/c1-2-3-4-16-7(17)18-5-8(11,12)6(10)9(13,14)15;1-2-3-4-6-5-7/h6H,2-5H2,1H3,(H,16,17);2-4H2,1H3. The van der Waals surface area contributed by atoms with E-state index < -0.39 is 31.0 Å². The molecule has 0 spiro atoms. The lowest BCUT2D eigenvalue weighted by Crippen LogP contribution is -2.45. The smallest absolute Gasteiger partial charge is 0.425 e. The van der Waals surface area contributed by atoms with Gasteiger partial charge in [0.15, 0.2) is 6.61 Å². The third-order valence-electron chi connectivity index (χ3n) is 2.54. The van der Waals surface area contributed by atoms with Crippen molar-refractivity contribution in [2.75, 3.05) is 19.7 Å². The summed E-state index contributed by atoms with van der Waals surface area (Å²) in [5.41, 5.74) is 0. The van der Waals surface area contributed by atoms with Crippen LogP contribution in [0.25, 0.3) is 0 Å². The van der Waals surface area contributed by atoms with Gasteiger partial charge in [-0.2, -0.15) is 22.0 Å². The molecule has 0 heterocycles. The minimum atomic E-state index is -5.70. The van der Waals surface area contributed by atoms with Crippen molar-refractivity contribution < 1.29 is 40.7 Å². The molecule has 5 nitrogen and oxygen atoms in total. The molecule has 148 valence electrons. The molecule has 0 fully saturated rings. The molecule has 0 bridgehead atoms. The number of halogens is 6. The summed E-state index contributed by atoms with van der Waals surface area (Å²) < 4.78 is 76.6. The summed E-state index contributed by atoms with van der Waals surface area (Å²) in [6.07, 6.45) is -6.54. The highest BCUT2D eigenvalue weighted by molar-refractivity contribution is 5.67. The average molecular weight is 380 g/mol. The number of aliphatic imine (C=N–C) groups is 1. The van der Waals surface area contributed by atoms with Gasteiger partial charge in [-0.15, -0.1) is 0 Å². The predicted molar refractivity (Wildman–Crippen MR) is 78.1 cm³/mol. The fourth-order valence-electron chi connectivity index (χ4n) is 1.18. The van der Waals surface area contributed by atoms with E-state index in [0.29, 0.717) is 13.0 Å². The van der Waals surface area contributed by atoms with Crippen LogP contribution in [0.2, 0.25) is 0 Å². The number of alkyl halides is 6. The third-order valence-corrected chi connectivity index (χ3v) is 2.54. The second-order valence-corrected chi connectivity index (χ2v) is 4.85. The summed E-state index contributed by atoms with van der Waals surface area (Å²) in [5, 5.41) is 2.04. The van der Waals surface area contributed by atoms with E-state index in [9.17, 15) is 35.9 Å². The van der Waals surface area contributed by atoms with E-state index in [1.165, 1.54) is 6.08 Å². The summed E-state index contributed by atoms with van der Waals surface area (Å²) in [7, 11) is 0. The normalized spacial score (nSPS) is 12.3. The zero-order valence-electron chi connectivity index (χ0n) is 14.0. The molecule has 0 aromatic carbocycles. The van der Waals surface area contributed by atoms with Crippen LogP contribution in [0.5, 0.6) is 0 Å². The second kappa shape index (κ2) is 13.5. The van der Waals surface area contributed by atoms with Crippen LogP contribution in [-0.2, 0) is 9.53 Å². The zero-order chi connectivity index (χ0) is 19.9. The minimum absolute atomic E-state index is 0.138. The Hall–Kier alpha value is -1.77. The maximum absolute atomic E-state index is 12.7. The third kappa shape index (κ3) is 14.3. The number of carbonyl (C=O) groups excluding carboxylic acids is 2. The monoisotopic (exact) mass is 380 g/mol. The highest BCUT2D eigenvalue weighted by atomic mass is 19.4. The maximum atomic E-state index is 12.7. The van der Waals surface area contributed by atoms with Crippen molar-refractivity contribution in [1.29, 1.82) is 0 Å². The molecule has 0 aliphatic heterocycles. The predicted octanol–water partition coefficient (Wildman–Crippen LogP) is 4.17. The van der Waals surface area contributed by atoms with Crippen molar-refractivity contribution in [1.82, 2.24) is 5.32 Å². The number of hydrogen-bond acceptors (Lipinski definition) is 4. The average Bonchev–Trinajstić information content (AvgIpc) is 2.53. The molecule has 0 aliphatic carbocycles. The second-order valence-electron chi connectivity index (χ2n) is 4.85. The fourth-order valence-corrected chi connectivity index (χ4v) is 1.18. The van der Waals surface area contributed by atoms with Crippen molar-refractivity contribution in [3.05, 3.63) is 0 Å². The van der Waals surface area contributed by atoms with E-state index in [1.807, 2.05) is 5.32 Å². The maximum Gasteiger partial charge on any atom is 0.425 e. The van der Waals surface area contributed by atoms with Gasteiger partial charge >= 0.3 is 18.2 Å². The van der Waals surface area contributed by atoms with E-state index in [2.05, 4.69) is 16.7 Å². The Bertz CT molecular complexity index is 412. The Balaban J connectivity index is 0. The Kier molecular flexibility index (Phi) is 13.8. The van der Waals surface area contributed by atoms with E-state index in [1.54, 1.807) is 6.92 Å². The number of hydrogen-bond donors (Lipinski definition) is 1. The SMILES string of the molecule is CCCCN=C=O.CCCCNC(=O)OCC(F)(F)C(F)C(F)(F)F. The summed E-state index contributed by atoms with van der Waals surface area (Å²) in [6.45, 7) is 2.67. The number of nitrogens with one attached hydrogen (secondary N) is 1. The number of unbranched alkanes of at least 4 members (excludes halogenated alkanes) is 2. The number of rotatable bonds is 9. The lowest BCUT2D eigenvalue weighted by Gasteiger charge is -2.22. The van der Waals surface area contributed by atoms with Crippen LogP contribution in [0.4, 0.5) is 31.1 Å². The Morgan fingerprint density at radius 3 is 2.16 bits per heavy atom. The van der Waals surface area contributed by atoms with Crippen molar-refractivity contribution >= 4 is 12.2 Å². The van der Waals surface area contributed by atoms with Gasteiger partial charge in [-0.3, -0.25) is 0 Å². The van der Waals surface area contributed by atoms with Crippen LogP contribution in [0.3, 0.4) is 0 Å². The summed E-state index contributed by atoms with van der Waals surface area (Å²) in [4.78, 5) is 23.5. The lowest BCUT2D eigenvalue weighted by molar-refractivity contribution is -0.251. The Morgan fingerprint density at radius 2 is 1.72 bits per heavy atom. The van der Waals surface area contributed by atoms with Gasteiger partial charge in [-0.05, 0) is 12.8 Å². The first-order chi connectivity index (χ1) is 11.5. The van der Waals surface area contributed by atoms with Gasteiger partial charge in [0.1, 0.15) is 0 Å². The minimum Gasteiger partial charge on any atom is -0.443 e. The molecule has 0 aromatic rings. The first-order valence-electron chi connectivity index (χ1n) is 7.55. The van der Waals surface area contributed by atoms with Crippen LogP contribution < -0.4 is 5.32 Å². The Labute approximate surface area is 141 Å². The van der Waals surface area contributed by atoms with E-state index >= 15 is 0 Å². The lowest BCUT2D eigenvalue weighted by atomic mass is 10.2. The van der Waals surface area contributed by atoms with Crippen molar-refractivity contribution in [3.8, 4) is 0 Å². The van der Waals surface area contributed by atoms with Gasteiger partial charge in [0.05, 0.1) is 6.54 Å². The molecule has 0 saturated heterocycles. The number of alkyl carbamates (subject to hydrolysis) is 1. The van der Waals surface area contributed by atoms with Crippen LogP contribution in [0, 0.1) is 0 Å². The molecular formula is C14H22F6N2O3. The summed E-state index contributed by atoms with van der Waals surface area (Å²) in [6, 6.07) is 0. The number of isocyanates is 1. The van der Waals surface area contributed by atoms with Gasteiger partial charge in [-0.25, -0.2) is 19.0 Å². The molecule has 1 N–H and O–H groups in total. The van der Waals surface area contributed by atoms with E-state index in [-0.39, 0.29) is 6.54 Å². The van der Waals surface area contributed by atoms with Gasteiger partial charge < -0.3 is 10.1 Å². The van der Waals surface area contributed by atoms with Crippen molar-refractivity contribution in [2.24, 2.45) is 4.99 Å². The molecule has 0 rings (SSSR count). The Morgan fingerprint density at radius 1 is 1.16 bits per heavy atom. The number of nitrogens with zero attached hydrogens (tertiary/aromatic N) is 1. The molecular weight excluding hydrogens is 358 g/mol. The molecule has 0 aliphatic rings. The van der Waals surface area contributed by atoms with Crippen molar-refractivity contribution in [3.63, 3.8) is 0 Å². The molecule has 1 unspecified atom stereocenters. The van der Waals surface area contributed by atoms with Gasteiger partial charge in [0.2, 0.25) is 6.08 Å². The largest absolute Gasteiger partial charge is 0.443 e. The van der Waals surface area contributed by atoms with Gasteiger partial charge in [-0.1, -0.05) is 26.7 Å². The topological polar surface area (TPSA) is 67.8 Å². The fraction of sp³-hybridized carbons (Fsp3) is 0.857. The van der Waals surface area contributed by atoms with Gasteiger partial charge in [0, 0.05) is 6.54 Å². The first-order valence-corrected chi connectivity index (χ1v) is 7.55. The van der Waals surface area contributed by atoms with Crippen LogP contribution in [0.15, 0.2) is 4.99 Å². The highest BCUT2D eigenvalue weighted by Gasteiger charge is 2.57. The molecule has 1 atom stereocenters. The number of amides is 1. The quantitative estimate of drug-likeness (QED) is 0.283. The van der Waals surface area contributed by atoms with Crippen LogP contribution in [-0.4, -0.2) is 50.1 Å². The van der Waals surface area contributed by atoms with E-state index in [4.69, 9.17) is 0 Å². The molecule has 0 radical (unpaired) electrons. The molecule has 0 aromatic heterocycles. The zero-order valence-corrected chi connectivity index (χ0v) is 14.0. The molecule has 25 heavy (non-hydrogen) atoms. The number of ether oxygens (including phenoxy) is 1. The van der Waals surface area contributed by atoms with Crippen molar-refractivity contribution in [2.45, 2.75) is 57.8 Å². The van der Waals surface area contributed by atoms with E-state index in [0.717, 1.165) is 19.3 Å². The van der Waals surface area contributed by atoms with Gasteiger partial charge in [0.25, 0.3) is 6.17 Å². The molecule has 1 amide bonds. The molecule has 11 heteroatoms. The van der Waals surface area contributed by atoms with Crippen LogP contribution >= 0.6 is 0 Å². The number of carbonyl (C=O) groups is 1.